The van der Waals surface area contributed by atoms with E-state index in [0.717, 1.165) is 48.4 Å². The Balaban J connectivity index is 1.49. The number of ether oxygens (including phenoxy) is 3. The van der Waals surface area contributed by atoms with Crippen molar-refractivity contribution in [2.24, 2.45) is 0 Å². The zero-order chi connectivity index (χ0) is 24.2. The number of fused-ring (bicyclic) bond motifs is 2. The molecule has 1 unspecified atom stereocenters. The number of hydrogen-bond donors (Lipinski definition) is 0. The van der Waals surface area contributed by atoms with Crippen molar-refractivity contribution in [3.05, 3.63) is 71.3 Å². The van der Waals surface area contributed by atoms with E-state index >= 15 is 0 Å². The topological polar surface area (TPSA) is 48.0 Å². The average Bonchev–Trinajstić information content (AvgIpc) is 2.88. The molecule has 3 aliphatic rings. The van der Waals surface area contributed by atoms with Crippen LogP contribution in [0.5, 0.6) is 11.5 Å². The van der Waals surface area contributed by atoms with Gasteiger partial charge in [-0.15, -0.1) is 0 Å². The Bertz CT molecular complexity index is 1300. The van der Waals surface area contributed by atoms with Crippen molar-refractivity contribution in [2.75, 3.05) is 27.8 Å². The number of piperidine rings is 1. The van der Waals surface area contributed by atoms with Crippen LogP contribution in [0, 0.1) is 0 Å². The highest BCUT2D eigenvalue weighted by molar-refractivity contribution is 5.84. The van der Waals surface area contributed by atoms with E-state index < -0.39 is 11.0 Å². The first-order valence-corrected chi connectivity index (χ1v) is 12.6. The summed E-state index contributed by atoms with van der Waals surface area (Å²) in [6.45, 7) is 1.45. The molecule has 2 fully saturated rings. The molecule has 0 radical (unpaired) electrons. The van der Waals surface area contributed by atoms with E-state index in [4.69, 9.17) is 14.2 Å². The van der Waals surface area contributed by atoms with Gasteiger partial charge in [0.25, 0.3) is 0 Å². The molecule has 0 amide bonds. The molecule has 2 bridgehead atoms. The fourth-order valence-electron chi connectivity index (χ4n) is 7.27. The first kappa shape index (κ1) is 22.6. The van der Waals surface area contributed by atoms with Gasteiger partial charge in [-0.1, -0.05) is 42.5 Å². The molecule has 3 atom stereocenters. The van der Waals surface area contributed by atoms with Crippen LogP contribution in [0.4, 0.5) is 0 Å². The predicted octanol–water partition coefficient (Wildman–Crippen LogP) is 5.06. The molecule has 3 aromatic rings. The summed E-state index contributed by atoms with van der Waals surface area (Å²) in [5.41, 5.74) is 2.65. The van der Waals surface area contributed by atoms with Gasteiger partial charge in [0.05, 0.1) is 26.4 Å². The molecule has 0 N–H and O–H groups in total. The van der Waals surface area contributed by atoms with Crippen LogP contribution in [0.15, 0.2) is 54.6 Å². The third-order valence-electron chi connectivity index (χ3n) is 8.88. The number of ketones is 1. The molecule has 1 saturated heterocycles. The van der Waals surface area contributed by atoms with Crippen molar-refractivity contribution in [1.82, 2.24) is 4.90 Å². The summed E-state index contributed by atoms with van der Waals surface area (Å²) < 4.78 is 18.8. The lowest BCUT2D eigenvalue weighted by Gasteiger charge is -2.64. The zero-order valence-corrected chi connectivity index (χ0v) is 20.8. The number of hydrogen-bond acceptors (Lipinski definition) is 5. The molecule has 182 valence electrons. The van der Waals surface area contributed by atoms with Crippen LogP contribution in [0.3, 0.4) is 0 Å². The molecule has 1 saturated carbocycles. The van der Waals surface area contributed by atoms with Crippen LogP contribution in [-0.4, -0.2) is 50.1 Å². The second-order valence-electron chi connectivity index (χ2n) is 10.4. The molecule has 0 spiro atoms. The van der Waals surface area contributed by atoms with E-state index in [1.54, 1.807) is 14.2 Å². The second kappa shape index (κ2) is 8.35. The van der Waals surface area contributed by atoms with Gasteiger partial charge in [0.2, 0.25) is 0 Å². The van der Waals surface area contributed by atoms with Crippen LogP contribution in [0.2, 0.25) is 0 Å². The third kappa shape index (κ3) is 3.25. The van der Waals surface area contributed by atoms with Gasteiger partial charge in [0, 0.05) is 29.9 Å². The fourth-order valence-corrected chi connectivity index (χ4v) is 7.27. The van der Waals surface area contributed by atoms with Crippen molar-refractivity contribution in [2.45, 2.75) is 55.8 Å². The summed E-state index contributed by atoms with van der Waals surface area (Å²) in [6, 6.07) is 19.4. The fraction of sp³-hybridized carbons (Fsp3) is 0.433. The van der Waals surface area contributed by atoms with Crippen molar-refractivity contribution < 1.29 is 19.0 Å². The molecule has 1 heterocycles. The number of rotatable bonds is 5. The van der Waals surface area contributed by atoms with E-state index in [0.29, 0.717) is 25.2 Å². The molecular formula is C30H33NO4. The highest BCUT2D eigenvalue weighted by Gasteiger charge is 2.66. The number of methoxy groups -OCH3 is 2. The number of Topliss-reactive ketones (excluding diaryl/α,β-unsaturated/α-hetero) is 1. The Morgan fingerprint density at radius 1 is 1.00 bits per heavy atom. The maximum absolute atomic E-state index is 13.1. The van der Waals surface area contributed by atoms with Gasteiger partial charge in [-0.2, -0.15) is 0 Å². The van der Waals surface area contributed by atoms with Gasteiger partial charge in [-0.05, 0) is 66.9 Å². The highest BCUT2D eigenvalue weighted by atomic mass is 16.5. The summed E-state index contributed by atoms with van der Waals surface area (Å²) in [6.07, 6.45) is 3.52. The Kier molecular flexibility index (Phi) is 5.39. The van der Waals surface area contributed by atoms with E-state index in [-0.39, 0.29) is 6.04 Å². The molecule has 3 aromatic carbocycles. The zero-order valence-electron chi connectivity index (χ0n) is 20.8. The summed E-state index contributed by atoms with van der Waals surface area (Å²) >= 11 is 0. The Labute approximate surface area is 207 Å². The molecule has 5 nitrogen and oxygen atoms in total. The lowest BCUT2D eigenvalue weighted by Crippen LogP contribution is -2.73. The van der Waals surface area contributed by atoms with Gasteiger partial charge in [-0.3, -0.25) is 4.79 Å². The molecule has 35 heavy (non-hydrogen) atoms. The number of likely N-dealkylation sites (N-methyl/N-ethyl adjacent to an activating group) is 1. The van der Waals surface area contributed by atoms with Crippen LogP contribution in [0.1, 0.15) is 42.4 Å². The van der Waals surface area contributed by atoms with E-state index in [2.05, 4.69) is 60.5 Å². The van der Waals surface area contributed by atoms with Crippen molar-refractivity contribution in [3.63, 3.8) is 0 Å². The largest absolute Gasteiger partial charge is 0.493 e. The highest BCUT2D eigenvalue weighted by Crippen LogP contribution is 2.62. The van der Waals surface area contributed by atoms with Gasteiger partial charge >= 0.3 is 0 Å². The third-order valence-corrected chi connectivity index (χ3v) is 8.88. The maximum Gasteiger partial charge on any atom is 0.164 e. The van der Waals surface area contributed by atoms with Crippen LogP contribution in [-0.2, 0) is 28.0 Å². The second-order valence-corrected chi connectivity index (χ2v) is 10.4. The summed E-state index contributed by atoms with van der Waals surface area (Å²) in [7, 11) is 5.59. The summed E-state index contributed by atoms with van der Waals surface area (Å²) in [4.78, 5) is 15.5. The van der Waals surface area contributed by atoms with Gasteiger partial charge in [0.15, 0.2) is 11.5 Å². The molecule has 6 rings (SSSR count). The van der Waals surface area contributed by atoms with Crippen molar-refractivity contribution >= 4 is 16.6 Å². The smallest absolute Gasteiger partial charge is 0.164 e. The average molecular weight is 472 g/mol. The first-order chi connectivity index (χ1) is 17.0. The minimum Gasteiger partial charge on any atom is -0.493 e. The molecular weight excluding hydrogens is 438 g/mol. The quantitative estimate of drug-likeness (QED) is 0.520. The molecule has 1 aliphatic heterocycles. The summed E-state index contributed by atoms with van der Waals surface area (Å²) in [5, 5.41) is 2.45. The predicted molar refractivity (Wildman–Crippen MR) is 136 cm³/mol. The Morgan fingerprint density at radius 2 is 1.83 bits per heavy atom. The minimum atomic E-state index is -0.466. The number of nitrogens with zero attached hydrogens (tertiary/aromatic N) is 1. The van der Waals surface area contributed by atoms with Crippen LogP contribution >= 0.6 is 0 Å². The number of benzene rings is 3. The molecule has 0 aromatic heterocycles. The lowest BCUT2D eigenvalue weighted by molar-refractivity contribution is -0.202. The van der Waals surface area contributed by atoms with Gasteiger partial charge in [0.1, 0.15) is 5.78 Å². The SMILES string of the molecule is COc1ccc2c(c1OC)[C@@]13CCN(C)C(C2)[C@]1(OCc1ccc2ccccc2c1)CCC(=O)C3. The van der Waals surface area contributed by atoms with E-state index in [9.17, 15) is 4.79 Å². The minimum absolute atomic E-state index is 0.204. The maximum atomic E-state index is 13.1. The van der Waals surface area contributed by atoms with E-state index in [1.165, 1.54) is 16.3 Å². The Morgan fingerprint density at radius 3 is 2.63 bits per heavy atom. The van der Waals surface area contributed by atoms with E-state index in [1.807, 2.05) is 6.07 Å². The van der Waals surface area contributed by atoms with Crippen LogP contribution in [0.25, 0.3) is 10.8 Å². The lowest BCUT2D eigenvalue weighted by atomic mass is 9.49. The first-order valence-electron chi connectivity index (χ1n) is 12.6. The van der Waals surface area contributed by atoms with Crippen molar-refractivity contribution in [3.8, 4) is 11.5 Å². The normalized spacial score (nSPS) is 27.9. The number of carbonyl (C=O) groups excluding carboxylic acids is 1. The Hall–Kier alpha value is -2.89. The number of likely N-dealkylation sites (tertiary alicyclic amines) is 1. The van der Waals surface area contributed by atoms with Crippen LogP contribution < -0.4 is 9.47 Å². The van der Waals surface area contributed by atoms with Gasteiger partial charge in [-0.25, -0.2) is 0 Å². The summed E-state index contributed by atoms with van der Waals surface area (Å²) in [5.74, 6) is 1.80. The monoisotopic (exact) mass is 471 g/mol. The number of carbonyl (C=O) groups is 1. The van der Waals surface area contributed by atoms with Gasteiger partial charge < -0.3 is 19.1 Å². The van der Waals surface area contributed by atoms with Crippen molar-refractivity contribution in [1.29, 1.82) is 0 Å². The standard InChI is InChI=1S/C30H33NO4/c1-31-15-14-29-18-24(32)12-13-30(29,35-19-20-8-9-21-6-4-5-7-22(21)16-20)26(31)17-23-10-11-25(33-2)28(34-3)27(23)29/h4-11,16,26H,12-15,17-19H2,1-3H3/t26?,29-,30+/m0/s1. The molecule has 5 heteroatoms. The molecule has 2 aliphatic carbocycles.